The molecule has 0 heterocycles. The maximum absolute atomic E-state index is 12.8. The molecule has 0 saturated carbocycles. The first-order valence-corrected chi connectivity index (χ1v) is 7.57. The lowest BCUT2D eigenvalue weighted by Crippen LogP contribution is -2.19. The van der Waals surface area contributed by atoms with E-state index in [0.29, 0.717) is 0 Å². The van der Waals surface area contributed by atoms with Gasteiger partial charge in [-0.3, -0.25) is 0 Å². The lowest BCUT2D eigenvalue weighted by molar-refractivity contribution is 0.461. The Hall–Kier alpha value is -1.55. The van der Waals surface area contributed by atoms with Crippen molar-refractivity contribution in [2.75, 3.05) is 0 Å². The molecule has 94 valence electrons. The zero-order valence-electron chi connectivity index (χ0n) is 9.69. The van der Waals surface area contributed by atoms with Gasteiger partial charge in [-0.05, 0) is 11.1 Å². The Kier molecular flexibility index (Phi) is 3.86. The molecule has 0 bridgehead atoms. The summed E-state index contributed by atoms with van der Waals surface area (Å²) in [5.41, 5.74) is 1.46. The first-order chi connectivity index (χ1) is 8.56. The lowest BCUT2D eigenvalue weighted by atomic mass is 9.93. The summed E-state index contributed by atoms with van der Waals surface area (Å²) < 4.78 is 38.4. The quantitative estimate of drug-likeness (QED) is 0.557. The minimum absolute atomic E-state index is 0.570. The van der Waals surface area contributed by atoms with Crippen LogP contribution in [0.3, 0.4) is 0 Å². The highest BCUT2D eigenvalue weighted by atomic mass is 28.5. The molecule has 4 heteroatoms. The van der Waals surface area contributed by atoms with Gasteiger partial charge in [0.05, 0.1) is 0 Å². The Morgan fingerprint density at radius 3 is 1.44 bits per heavy atom. The molecule has 0 radical (unpaired) electrons. The zero-order valence-corrected chi connectivity index (χ0v) is 10.7. The van der Waals surface area contributed by atoms with Crippen LogP contribution in [0.1, 0.15) is 17.0 Å². The third-order valence-electron chi connectivity index (χ3n) is 2.84. The Morgan fingerprint density at radius 2 is 1.11 bits per heavy atom. The maximum Gasteiger partial charge on any atom is 0.617 e. The Labute approximate surface area is 106 Å². The minimum Gasteiger partial charge on any atom is -0.238 e. The summed E-state index contributed by atoms with van der Waals surface area (Å²) in [6.07, 6.45) is 0. The summed E-state index contributed by atoms with van der Waals surface area (Å²) >= 11 is 0. The highest BCUT2D eigenvalue weighted by molar-refractivity contribution is 6.58. The minimum atomic E-state index is -5.59. The summed E-state index contributed by atoms with van der Waals surface area (Å²) in [6, 6.07) is 17.1. The van der Waals surface area contributed by atoms with Crippen molar-refractivity contribution in [2.24, 2.45) is 0 Å². The molecule has 2 aromatic rings. The largest absolute Gasteiger partial charge is 0.617 e. The van der Waals surface area contributed by atoms with E-state index in [1.807, 2.05) is 12.1 Å². The van der Waals surface area contributed by atoms with Crippen LogP contribution in [0.5, 0.6) is 0 Å². The number of halogens is 3. The molecule has 18 heavy (non-hydrogen) atoms. The summed E-state index contributed by atoms with van der Waals surface area (Å²) in [6.45, 7) is 0. The molecule has 2 aromatic carbocycles. The van der Waals surface area contributed by atoms with Gasteiger partial charge in [-0.25, -0.2) is 12.3 Å². The average Bonchev–Trinajstić information content (AvgIpc) is 2.37. The molecule has 0 atom stereocenters. The second kappa shape index (κ2) is 5.39. The molecule has 2 rings (SSSR count). The predicted octanol–water partition coefficient (Wildman–Crippen LogP) is 4.67. The average molecular weight is 266 g/mol. The number of benzene rings is 2. The van der Waals surface area contributed by atoms with Crippen LogP contribution in [-0.4, -0.2) is 9.08 Å². The Morgan fingerprint density at radius 1 is 0.722 bits per heavy atom. The van der Waals surface area contributed by atoms with Crippen molar-refractivity contribution >= 4 is 9.08 Å². The van der Waals surface area contributed by atoms with Gasteiger partial charge in [0.25, 0.3) is 0 Å². The molecule has 0 fully saturated rings. The smallest absolute Gasteiger partial charge is 0.238 e. The van der Waals surface area contributed by atoms with E-state index in [9.17, 15) is 12.3 Å². The molecule has 0 N–H and O–H groups in total. The van der Waals surface area contributed by atoms with Gasteiger partial charge in [-0.1, -0.05) is 60.7 Å². The summed E-state index contributed by atoms with van der Waals surface area (Å²) in [5.74, 6) is -0.570. The van der Waals surface area contributed by atoms with E-state index in [1.54, 1.807) is 48.5 Å². The predicted molar refractivity (Wildman–Crippen MR) is 68.6 cm³/mol. The van der Waals surface area contributed by atoms with Crippen molar-refractivity contribution in [3.63, 3.8) is 0 Å². The SMILES string of the molecule is F[Si](F)(F)CC(c1ccccc1)c1ccccc1. The van der Waals surface area contributed by atoms with Gasteiger partial charge in [0.15, 0.2) is 0 Å². The first kappa shape index (κ1) is 12.9. The molecule has 0 saturated heterocycles. The summed E-state index contributed by atoms with van der Waals surface area (Å²) in [5, 5.41) is 0. The van der Waals surface area contributed by atoms with Gasteiger partial charge in [-0.2, -0.15) is 0 Å². The molecule has 0 aromatic heterocycles. The highest BCUT2D eigenvalue weighted by Crippen LogP contribution is 2.34. The fourth-order valence-electron chi connectivity index (χ4n) is 2.03. The van der Waals surface area contributed by atoms with Crippen molar-refractivity contribution in [3.05, 3.63) is 71.8 Å². The molecular weight excluding hydrogens is 253 g/mol. The number of hydrogen-bond acceptors (Lipinski definition) is 0. The second-order valence-corrected chi connectivity index (χ2v) is 5.83. The van der Waals surface area contributed by atoms with E-state index in [0.717, 1.165) is 11.1 Å². The van der Waals surface area contributed by atoms with Gasteiger partial charge >= 0.3 is 9.08 Å². The van der Waals surface area contributed by atoms with Crippen LogP contribution in [0.15, 0.2) is 60.7 Å². The van der Waals surface area contributed by atoms with Crippen LogP contribution in [0, 0.1) is 0 Å². The number of hydrogen-bond donors (Lipinski definition) is 0. The lowest BCUT2D eigenvalue weighted by Gasteiger charge is -2.18. The zero-order chi connectivity index (χ0) is 13.0. The van der Waals surface area contributed by atoms with Crippen LogP contribution in [-0.2, 0) is 0 Å². The fraction of sp³-hybridized carbons (Fsp3) is 0.143. The van der Waals surface area contributed by atoms with Crippen LogP contribution < -0.4 is 0 Å². The third-order valence-corrected chi connectivity index (χ3v) is 3.71. The first-order valence-electron chi connectivity index (χ1n) is 5.73. The molecule has 0 aliphatic carbocycles. The van der Waals surface area contributed by atoms with Crippen LogP contribution in [0.4, 0.5) is 12.3 Å². The Balaban J connectivity index is 2.36. The molecule has 0 spiro atoms. The monoisotopic (exact) mass is 266 g/mol. The van der Waals surface area contributed by atoms with E-state index in [1.165, 1.54) is 0 Å². The molecule has 0 aliphatic heterocycles. The topological polar surface area (TPSA) is 0 Å². The van der Waals surface area contributed by atoms with Gasteiger partial charge in [0.1, 0.15) is 0 Å². The second-order valence-electron chi connectivity index (χ2n) is 4.19. The van der Waals surface area contributed by atoms with E-state index in [-0.39, 0.29) is 0 Å². The summed E-state index contributed by atoms with van der Waals surface area (Å²) in [4.78, 5) is 0. The summed E-state index contributed by atoms with van der Waals surface area (Å²) in [7, 11) is -5.59. The molecule has 0 amide bonds. The van der Waals surface area contributed by atoms with Crippen molar-refractivity contribution in [1.29, 1.82) is 0 Å². The normalized spacial score (nSPS) is 11.8. The molecule has 0 nitrogen and oxygen atoms in total. The number of rotatable bonds is 4. The van der Waals surface area contributed by atoms with Crippen LogP contribution in [0.2, 0.25) is 6.04 Å². The van der Waals surface area contributed by atoms with Gasteiger partial charge in [0.2, 0.25) is 0 Å². The maximum atomic E-state index is 12.8. The van der Waals surface area contributed by atoms with Crippen LogP contribution >= 0.6 is 0 Å². The van der Waals surface area contributed by atoms with Crippen molar-refractivity contribution in [1.82, 2.24) is 0 Å². The third kappa shape index (κ3) is 3.47. The standard InChI is InChI=1S/C14H13F3Si/c15-18(16,17)11-14(12-7-3-1-4-8-12)13-9-5-2-6-10-13/h1-10,14H,11H2. The van der Waals surface area contributed by atoms with Gasteiger partial charge in [0, 0.05) is 12.0 Å². The van der Waals surface area contributed by atoms with E-state index >= 15 is 0 Å². The molecule has 0 unspecified atom stereocenters. The van der Waals surface area contributed by atoms with E-state index < -0.39 is 21.0 Å². The van der Waals surface area contributed by atoms with E-state index in [2.05, 4.69) is 0 Å². The Bertz CT molecular complexity index is 440. The van der Waals surface area contributed by atoms with Crippen molar-refractivity contribution in [2.45, 2.75) is 12.0 Å². The molecule has 0 aliphatic rings. The van der Waals surface area contributed by atoms with Crippen LogP contribution in [0.25, 0.3) is 0 Å². The van der Waals surface area contributed by atoms with Crippen molar-refractivity contribution in [3.8, 4) is 0 Å². The van der Waals surface area contributed by atoms with E-state index in [4.69, 9.17) is 0 Å². The van der Waals surface area contributed by atoms with Crippen molar-refractivity contribution < 1.29 is 12.3 Å². The highest BCUT2D eigenvalue weighted by Gasteiger charge is 2.40. The van der Waals surface area contributed by atoms with Gasteiger partial charge < -0.3 is 0 Å². The molecular formula is C14H13F3Si. The fourth-order valence-corrected chi connectivity index (χ4v) is 2.96. The van der Waals surface area contributed by atoms with Gasteiger partial charge in [-0.15, -0.1) is 0 Å².